The van der Waals surface area contributed by atoms with Gasteiger partial charge in [-0.2, -0.15) is 0 Å². The van der Waals surface area contributed by atoms with Crippen molar-refractivity contribution in [3.63, 3.8) is 0 Å². The first-order chi connectivity index (χ1) is 14.6. The quantitative estimate of drug-likeness (QED) is 0.616. The zero-order chi connectivity index (χ0) is 20.9. The van der Waals surface area contributed by atoms with Crippen LogP contribution in [0.15, 0.2) is 48.5 Å². The standard InChI is InChI=1S/C25H32N2O3/c1-3-4-15-29-22-11-5-18(6-12-22)25(28)26-19-7-13-23(14-8-19)30-24-16-20-9-10-21(17-24)27(20)2/h5-8,11-14,20-21,24H,3-4,9-10,15-17H2,1-2H3,(H,26,28)/t20-,21+,24?. The van der Waals surface area contributed by atoms with Crippen LogP contribution < -0.4 is 14.8 Å². The lowest BCUT2D eigenvalue weighted by Crippen LogP contribution is -2.43. The van der Waals surface area contributed by atoms with Crippen LogP contribution in [0.2, 0.25) is 0 Å². The molecule has 0 radical (unpaired) electrons. The molecule has 0 aliphatic carbocycles. The topological polar surface area (TPSA) is 50.8 Å². The second-order valence-corrected chi connectivity index (χ2v) is 8.47. The molecule has 5 nitrogen and oxygen atoms in total. The molecule has 0 aromatic heterocycles. The Balaban J connectivity index is 1.28. The maximum Gasteiger partial charge on any atom is 0.255 e. The Kier molecular flexibility index (Phi) is 6.58. The van der Waals surface area contributed by atoms with E-state index in [1.54, 1.807) is 12.1 Å². The molecule has 3 atom stereocenters. The highest BCUT2D eigenvalue weighted by Gasteiger charge is 2.39. The third-order valence-corrected chi connectivity index (χ3v) is 6.35. The Morgan fingerprint density at radius 2 is 1.63 bits per heavy atom. The summed E-state index contributed by atoms with van der Waals surface area (Å²) in [5, 5.41) is 2.95. The predicted octanol–water partition coefficient (Wildman–Crippen LogP) is 5.12. The fraction of sp³-hybridized carbons (Fsp3) is 0.480. The highest BCUT2D eigenvalue weighted by molar-refractivity contribution is 6.04. The van der Waals surface area contributed by atoms with E-state index < -0.39 is 0 Å². The van der Waals surface area contributed by atoms with Crippen LogP contribution in [0.4, 0.5) is 5.69 Å². The summed E-state index contributed by atoms with van der Waals surface area (Å²) in [7, 11) is 2.24. The Morgan fingerprint density at radius 1 is 1.00 bits per heavy atom. The Bertz CT molecular complexity index is 820. The van der Waals surface area contributed by atoms with Crippen LogP contribution in [0.1, 0.15) is 55.8 Å². The van der Waals surface area contributed by atoms with Gasteiger partial charge in [0, 0.05) is 23.3 Å². The summed E-state index contributed by atoms with van der Waals surface area (Å²) in [6.45, 7) is 2.84. The lowest BCUT2D eigenvalue weighted by Gasteiger charge is -2.36. The van der Waals surface area contributed by atoms with Gasteiger partial charge < -0.3 is 19.7 Å². The van der Waals surface area contributed by atoms with Crippen molar-refractivity contribution in [2.75, 3.05) is 19.0 Å². The second kappa shape index (κ2) is 9.52. The summed E-state index contributed by atoms with van der Waals surface area (Å²) in [6.07, 6.45) is 7.20. The molecule has 4 rings (SSSR count). The van der Waals surface area contributed by atoms with Crippen LogP contribution >= 0.6 is 0 Å². The van der Waals surface area contributed by atoms with Gasteiger partial charge in [0.05, 0.1) is 6.61 Å². The van der Waals surface area contributed by atoms with Crippen LogP contribution in [0.5, 0.6) is 11.5 Å². The molecule has 5 heteroatoms. The number of nitrogens with zero attached hydrogens (tertiary/aromatic N) is 1. The minimum absolute atomic E-state index is 0.129. The number of hydrogen-bond donors (Lipinski definition) is 1. The van der Waals surface area contributed by atoms with Crippen molar-refractivity contribution in [1.29, 1.82) is 0 Å². The Morgan fingerprint density at radius 3 is 2.27 bits per heavy atom. The molecule has 30 heavy (non-hydrogen) atoms. The third-order valence-electron chi connectivity index (χ3n) is 6.35. The maximum absolute atomic E-state index is 12.5. The molecule has 2 bridgehead atoms. The molecule has 1 unspecified atom stereocenters. The summed E-state index contributed by atoms with van der Waals surface area (Å²) < 4.78 is 11.9. The van der Waals surface area contributed by atoms with E-state index in [0.29, 0.717) is 24.3 Å². The summed E-state index contributed by atoms with van der Waals surface area (Å²) >= 11 is 0. The van der Waals surface area contributed by atoms with E-state index in [9.17, 15) is 4.79 Å². The zero-order valence-corrected chi connectivity index (χ0v) is 18.0. The van der Waals surface area contributed by atoms with Gasteiger partial charge in [0.1, 0.15) is 17.6 Å². The first kappa shape index (κ1) is 20.7. The fourth-order valence-corrected chi connectivity index (χ4v) is 4.51. The number of nitrogens with one attached hydrogen (secondary N) is 1. The zero-order valence-electron chi connectivity index (χ0n) is 18.0. The molecule has 1 amide bonds. The smallest absolute Gasteiger partial charge is 0.255 e. The van der Waals surface area contributed by atoms with Crippen molar-refractivity contribution in [1.82, 2.24) is 4.90 Å². The SMILES string of the molecule is CCCCOc1ccc(C(=O)Nc2ccc(OC3C[C@H]4CC[C@@H](C3)N4C)cc2)cc1. The molecular formula is C25H32N2O3. The van der Waals surface area contributed by atoms with Gasteiger partial charge in [0.15, 0.2) is 0 Å². The number of ether oxygens (including phenoxy) is 2. The van der Waals surface area contributed by atoms with Gasteiger partial charge in [0.25, 0.3) is 5.91 Å². The molecule has 2 heterocycles. The minimum atomic E-state index is -0.129. The van der Waals surface area contributed by atoms with Crippen molar-refractivity contribution in [3.05, 3.63) is 54.1 Å². The molecule has 2 fully saturated rings. The van der Waals surface area contributed by atoms with Crippen molar-refractivity contribution < 1.29 is 14.3 Å². The minimum Gasteiger partial charge on any atom is -0.494 e. The molecule has 1 N–H and O–H groups in total. The van der Waals surface area contributed by atoms with E-state index in [1.165, 1.54) is 12.8 Å². The van der Waals surface area contributed by atoms with Gasteiger partial charge in [-0.3, -0.25) is 4.79 Å². The van der Waals surface area contributed by atoms with Gasteiger partial charge in [-0.25, -0.2) is 0 Å². The number of benzene rings is 2. The summed E-state index contributed by atoms with van der Waals surface area (Å²) in [6, 6.07) is 16.3. The molecule has 2 aromatic rings. The van der Waals surface area contributed by atoms with Crippen LogP contribution in [-0.4, -0.2) is 42.6 Å². The number of rotatable bonds is 8. The number of amides is 1. The number of carbonyl (C=O) groups excluding carboxylic acids is 1. The van der Waals surface area contributed by atoms with E-state index in [1.807, 2.05) is 36.4 Å². The molecule has 2 aliphatic rings. The molecule has 2 aromatic carbocycles. The monoisotopic (exact) mass is 408 g/mol. The van der Waals surface area contributed by atoms with Gasteiger partial charge in [0.2, 0.25) is 0 Å². The number of unbranched alkanes of at least 4 members (excludes halogenated alkanes) is 1. The first-order valence-electron chi connectivity index (χ1n) is 11.1. The van der Waals surface area contributed by atoms with Gasteiger partial charge in [-0.1, -0.05) is 13.3 Å². The molecule has 0 saturated carbocycles. The normalized spacial score (nSPS) is 23.2. The van der Waals surface area contributed by atoms with Crippen LogP contribution in [-0.2, 0) is 0 Å². The third kappa shape index (κ3) is 4.96. The number of carbonyl (C=O) groups is 1. The van der Waals surface area contributed by atoms with Crippen molar-refractivity contribution in [2.45, 2.75) is 63.6 Å². The average Bonchev–Trinajstić information content (AvgIpc) is 2.96. The number of anilines is 1. The van der Waals surface area contributed by atoms with Crippen molar-refractivity contribution in [3.8, 4) is 11.5 Å². The van der Waals surface area contributed by atoms with Crippen LogP contribution in [0.25, 0.3) is 0 Å². The summed E-state index contributed by atoms with van der Waals surface area (Å²) in [5.74, 6) is 1.54. The molecular weight excluding hydrogens is 376 g/mol. The van der Waals surface area contributed by atoms with Gasteiger partial charge >= 0.3 is 0 Å². The second-order valence-electron chi connectivity index (χ2n) is 8.47. The highest BCUT2D eigenvalue weighted by atomic mass is 16.5. The number of fused-ring (bicyclic) bond motifs is 2. The first-order valence-corrected chi connectivity index (χ1v) is 11.1. The largest absolute Gasteiger partial charge is 0.494 e. The molecule has 160 valence electrons. The fourth-order valence-electron chi connectivity index (χ4n) is 4.51. The Labute approximate surface area is 179 Å². The summed E-state index contributed by atoms with van der Waals surface area (Å²) in [5.41, 5.74) is 1.37. The summed E-state index contributed by atoms with van der Waals surface area (Å²) in [4.78, 5) is 15.0. The number of piperidine rings is 1. The average molecular weight is 409 g/mol. The van der Waals surface area contributed by atoms with Crippen molar-refractivity contribution >= 4 is 11.6 Å². The van der Waals surface area contributed by atoms with Crippen LogP contribution in [0, 0.1) is 0 Å². The number of hydrogen-bond acceptors (Lipinski definition) is 4. The predicted molar refractivity (Wildman–Crippen MR) is 119 cm³/mol. The van der Waals surface area contributed by atoms with E-state index >= 15 is 0 Å². The lowest BCUT2D eigenvalue weighted by molar-refractivity contribution is 0.0662. The van der Waals surface area contributed by atoms with Crippen LogP contribution in [0.3, 0.4) is 0 Å². The molecule has 0 spiro atoms. The highest BCUT2D eigenvalue weighted by Crippen LogP contribution is 2.36. The van der Waals surface area contributed by atoms with E-state index in [-0.39, 0.29) is 12.0 Å². The van der Waals surface area contributed by atoms with E-state index in [2.05, 4.69) is 24.2 Å². The van der Waals surface area contributed by atoms with Gasteiger partial charge in [-0.05, 0) is 87.7 Å². The molecule has 2 saturated heterocycles. The van der Waals surface area contributed by atoms with Gasteiger partial charge in [-0.15, -0.1) is 0 Å². The molecule has 2 aliphatic heterocycles. The maximum atomic E-state index is 12.5. The van der Waals surface area contributed by atoms with E-state index in [0.717, 1.165) is 42.9 Å². The Hall–Kier alpha value is -2.53. The van der Waals surface area contributed by atoms with E-state index in [4.69, 9.17) is 9.47 Å². The lowest BCUT2D eigenvalue weighted by atomic mass is 10.0. The van der Waals surface area contributed by atoms with Crippen molar-refractivity contribution in [2.24, 2.45) is 0 Å².